The number of fused-ring (bicyclic) bond motifs is 1. The summed E-state index contributed by atoms with van der Waals surface area (Å²) in [7, 11) is 0. The van der Waals surface area contributed by atoms with Crippen LogP contribution in [0.25, 0.3) is 22.6 Å². The van der Waals surface area contributed by atoms with Crippen molar-refractivity contribution in [1.82, 2.24) is 15.1 Å². The summed E-state index contributed by atoms with van der Waals surface area (Å²) < 4.78 is 10.0. The highest BCUT2D eigenvalue weighted by molar-refractivity contribution is 6.05. The summed E-state index contributed by atoms with van der Waals surface area (Å²) in [5, 5.41) is 6.50. The van der Waals surface area contributed by atoms with E-state index in [4.69, 9.17) is 8.94 Å². The van der Waals surface area contributed by atoms with E-state index < -0.39 is 5.76 Å². The number of oxazole rings is 1. The number of H-pyrrole nitrogens is 1. The van der Waals surface area contributed by atoms with E-state index in [0.717, 1.165) is 5.56 Å². The van der Waals surface area contributed by atoms with Gasteiger partial charge in [0.2, 0.25) is 0 Å². The maximum Gasteiger partial charge on any atom is 0.417 e. The zero-order valence-electron chi connectivity index (χ0n) is 13.1. The van der Waals surface area contributed by atoms with E-state index in [-0.39, 0.29) is 5.91 Å². The molecule has 8 heteroatoms. The summed E-state index contributed by atoms with van der Waals surface area (Å²) in [4.78, 5) is 30.2. The van der Waals surface area contributed by atoms with E-state index in [0.29, 0.717) is 34.1 Å². The Hall–Kier alpha value is -3.68. The molecule has 0 saturated heterocycles. The summed E-state index contributed by atoms with van der Waals surface area (Å²) in [5.74, 6) is 0.132. The van der Waals surface area contributed by atoms with E-state index in [9.17, 15) is 9.59 Å². The molecule has 0 saturated carbocycles. The first kappa shape index (κ1) is 14.9. The van der Waals surface area contributed by atoms with Gasteiger partial charge in [-0.05, 0) is 49.4 Å². The molecular formula is C17H12N4O4. The number of amides is 1. The van der Waals surface area contributed by atoms with Crippen LogP contribution >= 0.6 is 0 Å². The molecule has 124 valence electrons. The van der Waals surface area contributed by atoms with Gasteiger partial charge in [-0.3, -0.25) is 9.78 Å². The quantitative estimate of drug-likeness (QED) is 0.594. The number of hydrogen-bond acceptors (Lipinski definition) is 6. The molecule has 2 aromatic carbocycles. The molecule has 8 nitrogen and oxygen atoms in total. The van der Waals surface area contributed by atoms with Crippen molar-refractivity contribution in [1.29, 1.82) is 0 Å². The van der Waals surface area contributed by atoms with Crippen molar-refractivity contribution in [3.05, 3.63) is 64.4 Å². The number of carbonyl (C=O) groups is 1. The molecule has 1 amide bonds. The molecule has 4 rings (SSSR count). The lowest BCUT2D eigenvalue weighted by Crippen LogP contribution is -2.11. The van der Waals surface area contributed by atoms with E-state index >= 15 is 0 Å². The van der Waals surface area contributed by atoms with Gasteiger partial charge in [-0.15, -0.1) is 0 Å². The normalized spacial score (nSPS) is 10.9. The Balaban J connectivity index is 1.54. The van der Waals surface area contributed by atoms with Crippen LogP contribution in [0.1, 0.15) is 16.2 Å². The van der Waals surface area contributed by atoms with Crippen LogP contribution < -0.4 is 11.1 Å². The molecule has 0 aliphatic carbocycles. The largest absolute Gasteiger partial charge is 0.417 e. The molecule has 0 bridgehead atoms. The van der Waals surface area contributed by atoms with Crippen molar-refractivity contribution < 1.29 is 13.7 Å². The fraction of sp³-hybridized carbons (Fsp3) is 0.0588. The number of benzene rings is 2. The summed E-state index contributed by atoms with van der Waals surface area (Å²) in [6.07, 6.45) is 0. The smallest absolute Gasteiger partial charge is 0.408 e. The Bertz CT molecular complexity index is 1120. The lowest BCUT2D eigenvalue weighted by Gasteiger charge is -2.05. The number of aryl methyl sites for hydroxylation is 1. The molecule has 0 unspecified atom stereocenters. The monoisotopic (exact) mass is 336 g/mol. The number of anilines is 1. The Morgan fingerprint density at radius 3 is 2.68 bits per heavy atom. The minimum atomic E-state index is -0.537. The summed E-state index contributed by atoms with van der Waals surface area (Å²) in [6, 6.07) is 11.7. The second kappa shape index (κ2) is 5.75. The molecule has 0 atom stereocenters. The zero-order chi connectivity index (χ0) is 17.4. The standard InChI is InChI=1S/C17H12N4O4/c1-9-18-16(25-21-9)11-4-2-10(3-5-11)15(22)19-12-6-7-14-13(8-12)20-17(23)24-14/h2-8H,1H3,(H,19,22)(H,20,23). The van der Waals surface area contributed by atoms with Gasteiger partial charge in [0.1, 0.15) is 0 Å². The van der Waals surface area contributed by atoms with Gasteiger partial charge in [0.25, 0.3) is 11.8 Å². The van der Waals surface area contributed by atoms with Gasteiger partial charge in [-0.2, -0.15) is 4.98 Å². The Kier molecular flexibility index (Phi) is 3.42. The predicted octanol–water partition coefficient (Wildman–Crippen LogP) is 2.73. The molecule has 0 aliphatic heterocycles. The average molecular weight is 336 g/mol. The summed E-state index contributed by atoms with van der Waals surface area (Å²) >= 11 is 0. The Morgan fingerprint density at radius 1 is 1.16 bits per heavy atom. The van der Waals surface area contributed by atoms with E-state index in [2.05, 4.69) is 20.4 Å². The molecular weight excluding hydrogens is 324 g/mol. The lowest BCUT2D eigenvalue weighted by atomic mass is 10.1. The first-order chi connectivity index (χ1) is 12.1. The fourth-order valence-corrected chi connectivity index (χ4v) is 2.41. The van der Waals surface area contributed by atoms with Crippen LogP contribution in [-0.2, 0) is 0 Å². The number of rotatable bonds is 3. The average Bonchev–Trinajstić information content (AvgIpc) is 3.19. The van der Waals surface area contributed by atoms with Gasteiger partial charge in [0.15, 0.2) is 11.4 Å². The Morgan fingerprint density at radius 2 is 1.96 bits per heavy atom. The summed E-state index contributed by atoms with van der Waals surface area (Å²) in [5.41, 5.74) is 2.70. The SMILES string of the molecule is Cc1noc(-c2ccc(C(=O)Nc3ccc4oc(=O)[nH]c4c3)cc2)n1. The minimum absolute atomic E-state index is 0.279. The van der Waals surface area contributed by atoms with Crippen LogP contribution in [0.15, 0.2) is 56.2 Å². The molecule has 2 heterocycles. The van der Waals surface area contributed by atoms with Crippen LogP contribution in [0, 0.1) is 6.92 Å². The molecule has 0 fully saturated rings. The van der Waals surface area contributed by atoms with Gasteiger partial charge < -0.3 is 14.3 Å². The first-order valence-corrected chi connectivity index (χ1v) is 7.43. The second-order valence-corrected chi connectivity index (χ2v) is 5.40. The number of nitrogens with one attached hydrogen (secondary N) is 2. The molecule has 0 spiro atoms. The van der Waals surface area contributed by atoms with E-state index in [1.165, 1.54) is 0 Å². The van der Waals surface area contributed by atoms with Crippen molar-refractivity contribution in [2.24, 2.45) is 0 Å². The van der Waals surface area contributed by atoms with Gasteiger partial charge in [0, 0.05) is 16.8 Å². The zero-order valence-corrected chi connectivity index (χ0v) is 13.1. The van der Waals surface area contributed by atoms with Gasteiger partial charge in [0.05, 0.1) is 5.52 Å². The number of nitrogens with zero attached hydrogens (tertiary/aromatic N) is 2. The number of aromatic nitrogens is 3. The third-order valence-electron chi connectivity index (χ3n) is 3.60. The Labute approximate surface area is 140 Å². The third kappa shape index (κ3) is 2.92. The highest BCUT2D eigenvalue weighted by Gasteiger charge is 2.10. The van der Waals surface area contributed by atoms with Crippen molar-refractivity contribution in [2.45, 2.75) is 6.92 Å². The summed E-state index contributed by atoms with van der Waals surface area (Å²) in [6.45, 7) is 1.74. The molecule has 4 aromatic rings. The minimum Gasteiger partial charge on any atom is -0.408 e. The number of carbonyl (C=O) groups excluding carboxylic acids is 1. The lowest BCUT2D eigenvalue weighted by molar-refractivity contribution is 0.102. The predicted molar refractivity (Wildman–Crippen MR) is 89.3 cm³/mol. The highest BCUT2D eigenvalue weighted by Crippen LogP contribution is 2.20. The first-order valence-electron chi connectivity index (χ1n) is 7.43. The molecule has 25 heavy (non-hydrogen) atoms. The van der Waals surface area contributed by atoms with E-state index in [1.807, 2.05) is 0 Å². The second-order valence-electron chi connectivity index (χ2n) is 5.40. The van der Waals surface area contributed by atoms with Gasteiger partial charge in [-0.25, -0.2) is 4.79 Å². The van der Waals surface area contributed by atoms with Crippen molar-refractivity contribution in [3.8, 4) is 11.5 Å². The topological polar surface area (TPSA) is 114 Å². The molecule has 2 aromatic heterocycles. The van der Waals surface area contributed by atoms with Crippen LogP contribution in [0.4, 0.5) is 5.69 Å². The van der Waals surface area contributed by atoms with E-state index in [1.54, 1.807) is 49.4 Å². The third-order valence-corrected chi connectivity index (χ3v) is 3.60. The van der Waals surface area contributed by atoms with Crippen LogP contribution in [0.5, 0.6) is 0 Å². The maximum absolute atomic E-state index is 12.3. The van der Waals surface area contributed by atoms with Crippen LogP contribution in [-0.4, -0.2) is 21.0 Å². The molecule has 0 aliphatic rings. The molecule has 0 radical (unpaired) electrons. The number of hydrogen-bond donors (Lipinski definition) is 2. The van der Waals surface area contributed by atoms with Crippen LogP contribution in [0.2, 0.25) is 0 Å². The molecule has 2 N–H and O–H groups in total. The van der Waals surface area contributed by atoms with Crippen LogP contribution in [0.3, 0.4) is 0 Å². The number of aromatic amines is 1. The van der Waals surface area contributed by atoms with Crippen molar-refractivity contribution in [2.75, 3.05) is 5.32 Å². The van der Waals surface area contributed by atoms with Crippen molar-refractivity contribution >= 4 is 22.7 Å². The highest BCUT2D eigenvalue weighted by atomic mass is 16.5. The van der Waals surface area contributed by atoms with Gasteiger partial charge >= 0.3 is 5.76 Å². The fourth-order valence-electron chi connectivity index (χ4n) is 2.41. The van der Waals surface area contributed by atoms with Gasteiger partial charge in [-0.1, -0.05) is 5.16 Å². The van der Waals surface area contributed by atoms with Crippen molar-refractivity contribution in [3.63, 3.8) is 0 Å². The maximum atomic E-state index is 12.3.